The summed E-state index contributed by atoms with van der Waals surface area (Å²) >= 11 is 0. The lowest BCUT2D eigenvalue weighted by Gasteiger charge is -2.19. The van der Waals surface area contributed by atoms with E-state index in [4.69, 9.17) is 4.42 Å². The Morgan fingerprint density at radius 2 is 2.09 bits per heavy atom. The molecule has 3 rings (SSSR count). The molecule has 0 spiro atoms. The highest BCUT2D eigenvalue weighted by atomic mass is 16.3. The first kappa shape index (κ1) is 15.1. The molecule has 3 aromatic rings. The van der Waals surface area contributed by atoms with Crippen LogP contribution in [0.1, 0.15) is 33.5 Å². The first-order valence-corrected chi connectivity index (χ1v) is 7.52. The van der Waals surface area contributed by atoms with Crippen LogP contribution in [0.2, 0.25) is 0 Å². The van der Waals surface area contributed by atoms with Crippen LogP contribution in [0.5, 0.6) is 0 Å². The van der Waals surface area contributed by atoms with Crippen LogP contribution in [0.15, 0.2) is 59.5 Å². The Morgan fingerprint density at radius 1 is 1.30 bits per heavy atom. The summed E-state index contributed by atoms with van der Waals surface area (Å²) in [5.74, 6) is 1.24. The normalized spacial score (nSPS) is 12.1. The highest BCUT2D eigenvalue weighted by molar-refractivity contribution is 5.95. The molecule has 0 unspecified atom stereocenters. The Bertz CT molecular complexity index is 776. The molecule has 1 atom stereocenters. The number of benzene rings is 1. The molecule has 0 saturated heterocycles. The van der Waals surface area contributed by atoms with Crippen molar-refractivity contribution in [3.05, 3.63) is 77.8 Å². The lowest BCUT2D eigenvalue weighted by Crippen LogP contribution is -2.31. The molecule has 5 heteroatoms. The zero-order chi connectivity index (χ0) is 16.2. The van der Waals surface area contributed by atoms with E-state index in [2.05, 4.69) is 10.3 Å². The summed E-state index contributed by atoms with van der Waals surface area (Å²) in [7, 11) is 0. The number of aryl methyl sites for hydroxylation is 2. The van der Waals surface area contributed by atoms with Crippen LogP contribution in [0.4, 0.5) is 0 Å². The molecule has 0 radical (unpaired) electrons. The Labute approximate surface area is 135 Å². The summed E-state index contributed by atoms with van der Waals surface area (Å²) < 4.78 is 7.40. The number of carbonyl (C=O) groups excluding carboxylic acids is 1. The maximum absolute atomic E-state index is 12.6. The minimum Gasteiger partial charge on any atom is -0.466 e. The molecule has 0 saturated carbocycles. The zero-order valence-corrected chi connectivity index (χ0v) is 13.2. The fourth-order valence-corrected chi connectivity index (χ4v) is 2.62. The van der Waals surface area contributed by atoms with E-state index in [-0.39, 0.29) is 11.9 Å². The van der Waals surface area contributed by atoms with E-state index in [1.165, 1.54) is 0 Å². The molecule has 2 aromatic heterocycles. The third-order valence-electron chi connectivity index (χ3n) is 3.75. The van der Waals surface area contributed by atoms with E-state index in [0.29, 0.717) is 17.9 Å². The molecule has 0 aliphatic heterocycles. The van der Waals surface area contributed by atoms with Gasteiger partial charge in [-0.15, -0.1) is 0 Å². The topological polar surface area (TPSA) is 60.1 Å². The first-order chi connectivity index (χ1) is 11.1. The smallest absolute Gasteiger partial charge is 0.255 e. The average molecular weight is 309 g/mol. The number of furan rings is 1. The lowest BCUT2D eigenvalue weighted by atomic mass is 10.1. The van der Waals surface area contributed by atoms with Gasteiger partial charge in [-0.05, 0) is 25.5 Å². The molecule has 0 bridgehead atoms. The van der Waals surface area contributed by atoms with Gasteiger partial charge in [0.2, 0.25) is 0 Å². The van der Waals surface area contributed by atoms with Gasteiger partial charge in [-0.25, -0.2) is 4.98 Å². The van der Waals surface area contributed by atoms with Crippen LogP contribution < -0.4 is 5.32 Å². The van der Waals surface area contributed by atoms with Crippen molar-refractivity contribution in [1.82, 2.24) is 14.9 Å². The van der Waals surface area contributed by atoms with Gasteiger partial charge in [-0.1, -0.05) is 30.3 Å². The Morgan fingerprint density at radius 3 is 2.70 bits per heavy atom. The first-order valence-electron chi connectivity index (χ1n) is 7.52. The maximum atomic E-state index is 12.6. The van der Waals surface area contributed by atoms with Gasteiger partial charge >= 0.3 is 0 Å². The number of aromatic nitrogens is 2. The highest BCUT2D eigenvalue weighted by Crippen LogP contribution is 2.18. The van der Waals surface area contributed by atoms with Gasteiger partial charge in [0.15, 0.2) is 0 Å². The number of nitrogens with zero attached hydrogens (tertiary/aromatic N) is 2. The van der Waals surface area contributed by atoms with E-state index in [1.54, 1.807) is 25.5 Å². The van der Waals surface area contributed by atoms with E-state index in [0.717, 1.165) is 11.3 Å². The molecule has 0 fully saturated rings. The van der Waals surface area contributed by atoms with Crippen LogP contribution in [0.3, 0.4) is 0 Å². The van der Waals surface area contributed by atoms with Crippen molar-refractivity contribution in [2.24, 2.45) is 0 Å². The number of hydrogen-bond acceptors (Lipinski definition) is 3. The number of imidazole rings is 1. The predicted octanol–water partition coefficient (Wildman–Crippen LogP) is 3.26. The predicted molar refractivity (Wildman–Crippen MR) is 87.1 cm³/mol. The van der Waals surface area contributed by atoms with Crippen LogP contribution in [-0.2, 0) is 6.54 Å². The summed E-state index contributed by atoms with van der Waals surface area (Å²) in [6.07, 6.45) is 5.36. The molecule has 1 aromatic carbocycles. The number of hydrogen-bond donors (Lipinski definition) is 1. The fourth-order valence-electron chi connectivity index (χ4n) is 2.62. The van der Waals surface area contributed by atoms with Crippen molar-refractivity contribution in [3.8, 4) is 0 Å². The Kier molecular flexibility index (Phi) is 4.28. The molecule has 0 aliphatic rings. The second kappa shape index (κ2) is 6.52. The average Bonchev–Trinajstić information content (AvgIpc) is 3.17. The highest BCUT2D eigenvalue weighted by Gasteiger charge is 2.19. The van der Waals surface area contributed by atoms with E-state index < -0.39 is 0 Å². The van der Waals surface area contributed by atoms with Crippen LogP contribution in [0, 0.1) is 13.8 Å². The van der Waals surface area contributed by atoms with E-state index >= 15 is 0 Å². The van der Waals surface area contributed by atoms with Crippen molar-refractivity contribution >= 4 is 5.91 Å². The summed E-state index contributed by atoms with van der Waals surface area (Å²) in [5.41, 5.74) is 1.63. The molecular weight excluding hydrogens is 290 g/mol. The molecule has 1 N–H and O–H groups in total. The van der Waals surface area contributed by atoms with E-state index in [9.17, 15) is 4.79 Å². The van der Waals surface area contributed by atoms with Crippen LogP contribution in [-0.4, -0.2) is 15.5 Å². The monoisotopic (exact) mass is 309 g/mol. The quantitative estimate of drug-likeness (QED) is 0.787. The number of carbonyl (C=O) groups is 1. The van der Waals surface area contributed by atoms with Crippen LogP contribution >= 0.6 is 0 Å². The SMILES string of the molecule is Cc1cc(C(=O)N[C@@H](Cn2ccnc2)c2ccccc2)c(C)o1. The summed E-state index contributed by atoms with van der Waals surface area (Å²) in [4.78, 5) is 16.7. The van der Waals surface area contributed by atoms with Crippen molar-refractivity contribution < 1.29 is 9.21 Å². The Hall–Kier alpha value is -2.82. The minimum atomic E-state index is -0.146. The lowest BCUT2D eigenvalue weighted by molar-refractivity contribution is 0.0931. The molecule has 118 valence electrons. The van der Waals surface area contributed by atoms with E-state index in [1.807, 2.05) is 48.0 Å². The number of nitrogens with one attached hydrogen (secondary N) is 1. The molecule has 5 nitrogen and oxygen atoms in total. The van der Waals surface area contributed by atoms with Gasteiger partial charge < -0.3 is 14.3 Å². The van der Waals surface area contributed by atoms with Gasteiger partial charge in [-0.2, -0.15) is 0 Å². The second-order valence-electron chi connectivity index (χ2n) is 5.52. The number of rotatable bonds is 5. The number of amides is 1. The largest absolute Gasteiger partial charge is 0.466 e. The molecule has 2 heterocycles. The van der Waals surface area contributed by atoms with Crippen LogP contribution in [0.25, 0.3) is 0 Å². The summed E-state index contributed by atoms with van der Waals surface area (Å²) in [5, 5.41) is 3.09. The fraction of sp³-hybridized carbons (Fsp3) is 0.222. The zero-order valence-electron chi connectivity index (χ0n) is 13.2. The van der Waals surface area contributed by atoms with Gasteiger partial charge in [0.05, 0.1) is 17.9 Å². The van der Waals surface area contributed by atoms with Gasteiger partial charge in [0.25, 0.3) is 5.91 Å². The van der Waals surface area contributed by atoms with Gasteiger partial charge in [-0.3, -0.25) is 4.79 Å². The van der Waals surface area contributed by atoms with Crippen molar-refractivity contribution in [2.45, 2.75) is 26.4 Å². The molecular formula is C18H19N3O2. The third-order valence-corrected chi connectivity index (χ3v) is 3.75. The van der Waals surface area contributed by atoms with Gasteiger partial charge in [0, 0.05) is 18.9 Å². The third kappa shape index (κ3) is 3.51. The summed E-state index contributed by atoms with van der Waals surface area (Å²) in [6.45, 7) is 4.25. The maximum Gasteiger partial charge on any atom is 0.255 e. The standard InChI is InChI=1S/C18H19N3O2/c1-13-10-16(14(2)23-13)18(22)20-17(11-21-9-8-19-12-21)15-6-4-3-5-7-15/h3-10,12,17H,11H2,1-2H3,(H,20,22)/t17-/m0/s1. The summed E-state index contributed by atoms with van der Waals surface area (Å²) in [6, 6.07) is 11.5. The van der Waals surface area contributed by atoms with Crippen molar-refractivity contribution in [2.75, 3.05) is 0 Å². The molecule has 23 heavy (non-hydrogen) atoms. The second-order valence-corrected chi connectivity index (χ2v) is 5.52. The molecule has 1 amide bonds. The van der Waals surface area contributed by atoms with Gasteiger partial charge in [0.1, 0.15) is 11.5 Å². The van der Waals surface area contributed by atoms with Crippen molar-refractivity contribution in [1.29, 1.82) is 0 Å². The Balaban J connectivity index is 1.83. The molecule has 0 aliphatic carbocycles. The minimum absolute atomic E-state index is 0.131. The van der Waals surface area contributed by atoms with Crippen molar-refractivity contribution in [3.63, 3.8) is 0 Å².